The van der Waals surface area contributed by atoms with Crippen LogP contribution in [0.4, 0.5) is 5.00 Å². The predicted molar refractivity (Wildman–Crippen MR) is 88.8 cm³/mol. The summed E-state index contributed by atoms with van der Waals surface area (Å²) in [7, 11) is 0. The van der Waals surface area contributed by atoms with Gasteiger partial charge in [0, 0.05) is 10.8 Å². The van der Waals surface area contributed by atoms with Crippen LogP contribution < -0.4 is 10.6 Å². The Labute approximate surface area is 139 Å². The highest BCUT2D eigenvalue weighted by molar-refractivity contribution is 7.16. The number of hydrogen-bond donors (Lipinski definition) is 3. The van der Waals surface area contributed by atoms with Crippen LogP contribution >= 0.6 is 11.3 Å². The first-order valence-electron chi connectivity index (χ1n) is 7.80. The molecule has 23 heavy (non-hydrogen) atoms. The number of carboxylic acids is 1. The minimum absolute atomic E-state index is 0.0421. The van der Waals surface area contributed by atoms with Crippen molar-refractivity contribution in [2.75, 3.05) is 5.32 Å². The van der Waals surface area contributed by atoms with Gasteiger partial charge in [-0.15, -0.1) is 11.3 Å². The minimum Gasteiger partial charge on any atom is -0.480 e. The Hall–Kier alpha value is -1.89. The van der Waals surface area contributed by atoms with E-state index in [0.717, 1.165) is 24.1 Å². The number of nitrogens with one attached hydrogen (secondary N) is 2. The van der Waals surface area contributed by atoms with Gasteiger partial charge in [-0.1, -0.05) is 20.8 Å². The summed E-state index contributed by atoms with van der Waals surface area (Å²) in [5.41, 5.74) is 0.341. The van der Waals surface area contributed by atoms with Crippen LogP contribution in [0.25, 0.3) is 0 Å². The van der Waals surface area contributed by atoms with E-state index in [-0.39, 0.29) is 17.7 Å². The van der Waals surface area contributed by atoms with E-state index in [2.05, 4.69) is 10.6 Å². The summed E-state index contributed by atoms with van der Waals surface area (Å²) in [6.45, 7) is 5.44. The molecule has 0 bridgehead atoms. The first-order valence-corrected chi connectivity index (χ1v) is 8.62. The molecule has 1 unspecified atom stereocenters. The van der Waals surface area contributed by atoms with Gasteiger partial charge in [-0.05, 0) is 31.2 Å². The number of carboxylic acid groups (broad SMARTS) is 1. The number of anilines is 1. The monoisotopic (exact) mass is 338 g/mol. The number of carbonyl (C=O) groups excluding carboxylic acids is 2. The Kier molecular flexibility index (Phi) is 5.41. The molecule has 7 heteroatoms. The minimum atomic E-state index is -1.07. The van der Waals surface area contributed by atoms with Crippen molar-refractivity contribution >= 4 is 34.1 Å². The molecular weight excluding hydrogens is 316 g/mol. The summed E-state index contributed by atoms with van der Waals surface area (Å²) in [6, 6.07) is 0.765. The largest absolute Gasteiger partial charge is 0.480 e. The van der Waals surface area contributed by atoms with Crippen molar-refractivity contribution in [1.82, 2.24) is 5.32 Å². The van der Waals surface area contributed by atoms with Crippen LogP contribution in [0.2, 0.25) is 0 Å². The number of carbonyl (C=O) groups is 3. The number of aryl methyl sites for hydroxylation is 1. The molecule has 2 amide bonds. The maximum Gasteiger partial charge on any atom is 0.326 e. The molecular formula is C16H22N2O4S. The average Bonchev–Trinajstić information content (AvgIpc) is 3.25. The Morgan fingerprint density at radius 2 is 2.00 bits per heavy atom. The SMILES string of the molecule is CCc1cc(C(=O)NC(C(=O)O)C(C)C)c(NC(=O)C2CC2)s1. The van der Waals surface area contributed by atoms with E-state index >= 15 is 0 Å². The summed E-state index contributed by atoms with van der Waals surface area (Å²) in [6.07, 6.45) is 2.51. The van der Waals surface area contributed by atoms with Crippen LogP contribution in [0.1, 0.15) is 48.8 Å². The molecule has 1 atom stereocenters. The molecule has 6 nitrogen and oxygen atoms in total. The van der Waals surface area contributed by atoms with Crippen LogP contribution in [0.3, 0.4) is 0 Å². The van der Waals surface area contributed by atoms with Gasteiger partial charge in [0.2, 0.25) is 5.91 Å². The van der Waals surface area contributed by atoms with Crippen LogP contribution in [0, 0.1) is 11.8 Å². The fourth-order valence-electron chi connectivity index (χ4n) is 2.17. The van der Waals surface area contributed by atoms with Gasteiger partial charge in [0.15, 0.2) is 0 Å². The van der Waals surface area contributed by atoms with E-state index in [1.807, 2.05) is 6.92 Å². The van der Waals surface area contributed by atoms with Gasteiger partial charge in [-0.25, -0.2) is 4.79 Å². The normalized spacial score (nSPS) is 15.3. The zero-order valence-corrected chi connectivity index (χ0v) is 14.3. The van der Waals surface area contributed by atoms with Crippen molar-refractivity contribution in [1.29, 1.82) is 0 Å². The maximum atomic E-state index is 12.5. The Morgan fingerprint density at radius 3 is 2.48 bits per heavy atom. The second-order valence-corrected chi connectivity index (χ2v) is 7.24. The lowest BCUT2D eigenvalue weighted by molar-refractivity contribution is -0.140. The second-order valence-electron chi connectivity index (χ2n) is 6.11. The number of rotatable bonds is 7. The molecule has 1 aromatic rings. The molecule has 0 aliphatic heterocycles. The van der Waals surface area contributed by atoms with Crippen LogP contribution in [-0.4, -0.2) is 28.9 Å². The Bertz CT molecular complexity index is 620. The first-order chi connectivity index (χ1) is 10.8. The molecule has 0 spiro atoms. The van der Waals surface area contributed by atoms with E-state index in [1.165, 1.54) is 11.3 Å². The highest BCUT2D eigenvalue weighted by Crippen LogP contribution is 2.34. The smallest absolute Gasteiger partial charge is 0.326 e. The number of thiophene rings is 1. The average molecular weight is 338 g/mol. The van der Waals surface area contributed by atoms with E-state index in [1.54, 1.807) is 19.9 Å². The lowest BCUT2D eigenvalue weighted by Crippen LogP contribution is -2.44. The molecule has 1 fully saturated rings. The quantitative estimate of drug-likeness (QED) is 0.712. The van der Waals surface area contributed by atoms with Crippen molar-refractivity contribution < 1.29 is 19.5 Å². The molecule has 2 rings (SSSR count). The van der Waals surface area contributed by atoms with E-state index in [9.17, 15) is 19.5 Å². The van der Waals surface area contributed by atoms with Gasteiger partial charge in [0.1, 0.15) is 11.0 Å². The van der Waals surface area contributed by atoms with Crippen molar-refractivity contribution in [3.05, 3.63) is 16.5 Å². The first kappa shape index (κ1) is 17.5. The third-order valence-electron chi connectivity index (χ3n) is 3.78. The van der Waals surface area contributed by atoms with Crippen molar-refractivity contribution in [3.8, 4) is 0 Å². The van der Waals surface area contributed by atoms with Gasteiger partial charge < -0.3 is 15.7 Å². The lowest BCUT2D eigenvalue weighted by atomic mass is 10.0. The third kappa shape index (κ3) is 4.31. The summed E-state index contributed by atoms with van der Waals surface area (Å²) < 4.78 is 0. The number of aliphatic carboxylic acids is 1. The van der Waals surface area contributed by atoms with Crippen LogP contribution in [-0.2, 0) is 16.0 Å². The Balaban J connectivity index is 2.18. The van der Waals surface area contributed by atoms with Gasteiger partial charge in [-0.2, -0.15) is 0 Å². The highest BCUT2D eigenvalue weighted by Gasteiger charge is 2.31. The molecule has 1 aliphatic carbocycles. The second kappa shape index (κ2) is 7.12. The van der Waals surface area contributed by atoms with Crippen molar-refractivity contribution in [2.24, 2.45) is 11.8 Å². The molecule has 0 saturated heterocycles. The molecule has 1 saturated carbocycles. The van der Waals surface area contributed by atoms with Gasteiger partial charge in [0.05, 0.1) is 5.56 Å². The predicted octanol–water partition coefficient (Wildman–Crippen LogP) is 2.50. The van der Waals surface area contributed by atoms with Crippen LogP contribution in [0.15, 0.2) is 6.07 Å². The van der Waals surface area contributed by atoms with Gasteiger partial charge in [-0.3, -0.25) is 9.59 Å². The van der Waals surface area contributed by atoms with Crippen molar-refractivity contribution in [3.63, 3.8) is 0 Å². The van der Waals surface area contributed by atoms with E-state index in [0.29, 0.717) is 10.6 Å². The molecule has 1 aliphatic rings. The third-order valence-corrected chi connectivity index (χ3v) is 4.98. The summed E-state index contributed by atoms with van der Waals surface area (Å²) in [4.78, 5) is 36.6. The summed E-state index contributed by atoms with van der Waals surface area (Å²) in [5.74, 6) is -1.79. The number of hydrogen-bond acceptors (Lipinski definition) is 4. The fraction of sp³-hybridized carbons (Fsp3) is 0.562. The molecule has 1 heterocycles. The van der Waals surface area contributed by atoms with Crippen LogP contribution in [0.5, 0.6) is 0 Å². The van der Waals surface area contributed by atoms with E-state index < -0.39 is 17.9 Å². The number of amides is 2. The summed E-state index contributed by atoms with van der Waals surface area (Å²) in [5, 5.41) is 15.1. The molecule has 3 N–H and O–H groups in total. The van der Waals surface area contributed by atoms with Gasteiger partial charge >= 0.3 is 5.97 Å². The van der Waals surface area contributed by atoms with Gasteiger partial charge in [0.25, 0.3) is 5.91 Å². The molecule has 0 aromatic carbocycles. The maximum absolute atomic E-state index is 12.5. The molecule has 1 aromatic heterocycles. The zero-order chi connectivity index (χ0) is 17.1. The zero-order valence-electron chi connectivity index (χ0n) is 13.5. The Morgan fingerprint density at radius 1 is 1.35 bits per heavy atom. The fourth-order valence-corrected chi connectivity index (χ4v) is 3.17. The molecule has 0 radical (unpaired) electrons. The van der Waals surface area contributed by atoms with Crippen molar-refractivity contribution in [2.45, 2.75) is 46.1 Å². The topological polar surface area (TPSA) is 95.5 Å². The van der Waals surface area contributed by atoms with E-state index in [4.69, 9.17) is 0 Å². The summed E-state index contributed by atoms with van der Waals surface area (Å²) >= 11 is 1.37. The lowest BCUT2D eigenvalue weighted by Gasteiger charge is -2.18. The highest BCUT2D eigenvalue weighted by atomic mass is 32.1. The molecule has 126 valence electrons. The standard InChI is InChI=1S/C16H22N2O4S/c1-4-10-7-11(14(20)17-12(8(2)3)16(21)22)15(23-10)18-13(19)9-5-6-9/h7-9,12H,4-6H2,1-3H3,(H,17,20)(H,18,19)(H,21,22).